The smallest absolute Gasteiger partial charge is 0.325 e. The van der Waals surface area contributed by atoms with Crippen molar-refractivity contribution in [3.8, 4) is 0 Å². The van der Waals surface area contributed by atoms with Gasteiger partial charge in [-0.2, -0.15) is 0 Å². The number of amides is 1. The van der Waals surface area contributed by atoms with Crippen molar-refractivity contribution in [3.63, 3.8) is 0 Å². The number of nitrogens with zero attached hydrogens (tertiary/aromatic N) is 1. The van der Waals surface area contributed by atoms with Crippen LogP contribution in [0.5, 0.6) is 0 Å². The molecule has 0 atom stereocenters. The summed E-state index contributed by atoms with van der Waals surface area (Å²) in [5.74, 6) is -0.608. The van der Waals surface area contributed by atoms with Crippen LogP contribution < -0.4 is 0 Å². The molecule has 0 N–H and O–H groups in total. The number of methoxy groups -OCH3 is 1. The topological polar surface area (TPSA) is 59.8 Å². The third-order valence-corrected chi connectivity index (χ3v) is 2.62. The molecule has 0 fully saturated rings. The van der Waals surface area contributed by atoms with Gasteiger partial charge in [0.1, 0.15) is 6.54 Å². The Labute approximate surface area is 108 Å². The molecule has 1 aromatic rings. The van der Waals surface area contributed by atoms with Crippen molar-refractivity contribution in [2.75, 3.05) is 13.7 Å². The summed E-state index contributed by atoms with van der Waals surface area (Å²) in [7, 11) is 1.29. The maximum Gasteiger partial charge on any atom is 0.325 e. The van der Waals surface area contributed by atoms with Gasteiger partial charge in [-0.15, -0.1) is 0 Å². The van der Waals surface area contributed by atoms with Gasteiger partial charge in [-0.05, 0) is 41.9 Å². The molecule has 1 heterocycles. The molecule has 0 aliphatic carbocycles. The van der Waals surface area contributed by atoms with Crippen LogP contribution in [0.15, 0.2) is 21.2 Å². The summed E-state index contributed by atoms with van der Waals surface area (Å²) in [5, 5.41) is 0. The minimum Gasteiger partial charge on any atom is -0.468 e. The second-order valence-electron chi connectivity index (χ2n) is 3.71. The van der Waals surface area contributed by atoms with Gasteiger partial charge in [0.25, 0.3) is 5.91 Å². The predicted molar refractivity (Wildman–Crippen MR) is 64.6 cm³/mol. The number of furan rings is 1. The lowest BCUT2D eigenvalue weighted by Gasteiger charge is -2.24. The second kappa shape index (κ2) is 5.86. The van der Waals surface area contributed by atoms with Crippen LogP contribution in [-0.4, -0.2) is 36.5 Å². The van der Waals surface area contributed by atoms with Crippen molar-refractivity contribution in [2.24, 2.45) is 0 Å². The highest BCUT2D eigenvalue weighted by Crippen LogP contribution is 2.16. The molecule has 0 spiro atoms. The summed E-state index contributed by atoms with van der Waals surface area (Å²) in [6, 6.07) is 3.06. The predicted octanol–water partition coefficient (Wildman–Crippen LogP) is 2.07. The molecular weight excluding hydrogens is 290 g/mol. The Morgan fingerprint density at radius 3 is 2.53 bits per heavy atom. The zero-order chi connectivity index (χ0) is 13.0. The highest BCUT2D eigenvalue weighted by molar-refractivity contribution is 9.10. The SMILES string of the molecule is COC(=O)CN(C(=O)c1ccc(Br)o1)C(C)C. The largest absolute Gasteiger partial charge is 0.468 e. The zero-order valence-corrected chi connectivity index (χ0v) is 11.5. The second-order valence-corrected chi connectivity index (χ2v) is 4.49. The summed E-state index contributed by atoms with van der Waals surface area (Å²) in [6.45, 7) is 3.54. The van der Waals surface area contributed by atoms with E-state index in [1.165, 1.54) is 12.0 Å². The first-order valence-electron chi connectivity index (χ1n) is 5.08. The summed E-state index contributed by atoms with van der Waals surface area (Å²) >= 11 is 3.12. The molecule has 0 unspecified atom stereocenters. The number of esters is 1. The molecule has 17 heavy (non-hydrogen) atoms. The lowest BCUT2D eigenvalue weighted by Crippen LogP contribution is -2.40. The van der Waals surface area contributed by atoms with Crippen LogP contribution in [0.3, 0.4) is 0 Å². The highest BCUT2D eigenvalue weighted by atomic mass is 79.9. The zero-order valence-electron chi connectivity index (χ0n) is 9.90. The number of carbonyl (C=O) groups excluding carboxylic acids is 2. The first kappa shape index (κ1) is 13.8. The van der Waals surface area contributed by atoms with Crippen LogP contribution in [0.2, 0.25) is 0 Å². The molecule has 0 radical (unpaired) electrons. The quantitative estimate of drug-likeness (QED) is 0.799. The first-order valence-corrected chi connectivity index (χ1v) is 5.88. The van der Waals surface area contributed by atoms with Gasteiger partial charge in [-0.3, -0.25) is 9.59 Å². The van der Waals surface area contributed by atoms with E-state index in [1.807, 2.05) is 13.8 Å². The third kappa shape index (κ3) is 3.59. The monoisotopic (exact) mass is 303 g/mol. The number of halogens is 1. The van der Waals surface area contributed by atoms with Gasteiger partial charge in [0.2, 0.25) is 0 Å². The summed E-state index contributed by atoms with van der Waals surface area (Å²) in [5.41, 5.74) is 0. The fourth-order valence-corrected chi connectivity index (χ4v) is 1.57. The Hall–Kier alpha value is -1.30. The number of rotatable bonds is 4. The van der Waals surface area contributed by atoms with Crippen molar-refractivity contribution in [3.05, 3.63) is 22.6 Å². The standard InChI is InChI=1S/C11H14BrNO4/c1-7(2)13(6-10(14)16-3)11(15)8-4-5-9(12)17-8/h4-5,7H,6H2,1-3H3. The van der Waals surface area contributed by atoms with Gasteiger partial charge in [0, 0.05) is 6.04 Å². The minimum atomic E-state index is -0.460. The average molecular weight is 304 g/mol. The fraction of sp³-hybridized carbons (Fsp3) is 0.455. The van der Waals surface area contributed by atoms with E-state index in [2.05, 4.69) is 20.7 Å². The van der Waals surface area contributed by atoms with Crippen molar-refractivity contribution < 1.29 is 18.7 Å². The summed E-state index contributed by atoms with van der Waals surface area (Å²) in [4.78, 5) is 24.7. The molecular formula is C11H14BrNO4. The van der Waals surface area contributed by atoms with E-state index < -0.39 is 5.97 Å². The van der Waals surface area contributed by atoms with Crippen LogP contribution in [0.25, 0.3) is 0 Å². The van der Waals surface area contributed by atoms with Crippen molar-refractivity contribution >= 4 is 27.8 Å². The van der Waals surface area contributed by atoms with Crippen molar-refractivity contribution in [1.29, 1.82) is 0 Å². The number of hydrogen-bond donors (Lipinski definition) is 0. The van der Waals surface area contributed by atoms with Crippen LogP contribution in [-0.2, 0) is 9.53 Å². The van der Waals surface area contributed by atoms with Crippen molar-refractivity contribution in [1.82, 2.24) is 4.90 Å². The van der Waals surface area contributed by atoms with E-state index >= 15 is 0 Å². The molecule has 5 nitrogen and oxygen atoms in total. The van der Waals surface area contributed by atoms with E-state index in [0.717, 1.165) is 0 Å². The minimum absolute atomic E-state index is 0.0919. The Morgan fingerprint density at radius 1 is 1.47 bits per heavy atom. The molecule has 6 heteroatoms. The third-order valence-electron chi connectivity index (χ3n) is 2.20. The van der Waals surface area contributed by atoms with Gasteiger partial charge in [-0.1, -0.05) is 0 Å². The van der Waals surface area contributed by atoms with E-state index in [0.29, 0.717) is 4.67 Å². The Bertz CT molecular complexity index is 413. The normalized spacial score (nSPS) is 10.4. The maximum absolute atomic E-state index is 12.1. The molecule has 0 saturated carbocycles. The van der Waals surface area contributed by atoms with Crippen LogP contribution in [0.1, 0.15) is 24.4 Å². The average Bonchev–Trinajstić information content (AvgIpc) is 2.71. The van der Waals surface area contributed by atoms with E-state index in [1.54, 1.807) is 12.1 Å². The molecule has 0 aliphatic rings. The van der Waals surface area contributed by atoms with Gasteiger partial charge in [-0.25, -0.2) is 0 Å². The molecule has 0 saturated heterocycles. The van der Waals surface area contributed by atoms with Gasteiger partial charge in [0.15, 0.2) is 10.4 Å². The number of hydrogen-bond acceptors (Lipinski definition) is 4. The number of ether oxygens (including phenoxy) is 1. The molecule has 0 aromatic carbocycles. The van der Waals surface area contributed by atoms with Crippen LogP contribution in [0.4, 0.5) is 0 Å². The Balaban J connectivity index is 2.84. The lowest BCUT2D eigenvalue weighted by molar-refractivity contribution is -0.141. The van der Waals surface area contributed by atoms with Gasteiger partial charge in [0.05, 0.1) is 7.11 Å². The van der Waals surface area contributed by atoms with Crippen LogP contribution in [0, 0.1) is 0 Å². The summed E-state index contributed by atoms with van der Waals surface area (Å²) < 4.78 is 10.2. The van der Waals surface area contributed by atoms with E-state index in [4.69, 9.17) is 4.42 Å². The highest BCUT2D eigenvalue weighted by Gasteiger charge is 2.24. The molecule has 0 bridgehead atoms. The molecule has 1 rings (SSSR count). The fourth-order valence-electron chi connectivity index (χ4n) is 1.26. The Kier molecular flexibility index (Phi) is 4.74. The van der Waals surface area contributed by atoms with E-state index in [-0.39, 0.29) is 24.3 Å². The van der Waals surface area contributed by atoms with Gasteiger partial charge < -0.3 is 14.1 Å². The van der Waals surface area contributed by atoms with Crippen molar-refractivity contribution in [2.45, 2.75) is 19.9 Å². The number of carbonyl (C=O) groups is 2. The summed E-state index contributed by atoms with van der Waals surface area (Å²) in [6.07, 6.45) is 0. The Morgan fingerprint density at radius 2 is 2.12 bits per heavy atom. The van der Waals surface area contributed by atoms with Crippen LogP contribution >= 0.6 is 15.9 Å². The molecule has 1 aromatic heterocycles. The lowest BCUT2D eigenvalue weighted by atomic mass is 10.3. The molecule has 1 amide bonds. The van der Waals surface area contributed by atoms with Gasteiger partial charge >= 0.3 is 5.97 Å². The molecule has 0 aliphatic heterocycles. The van der Waals surface area contributed by atoms with E-state index in [9.17, 15) is 9.59 Å². The maximum atomic E-state index is 12.1. The first-order chi connectivity index (χ1) is 7.95. The molecule has 94 valence electrons.